The molecular weight excluding hydrogens is 633 g/mol. The number of benzene rings is 6. The Bertz CT molecular complexity index is 2990. The van der Waals surface area contributed by atoms with Gasteiger partial charge in [-0.05, 0) is 72.5 Å². The Balaban J connectivity index is 1.24. The lowest BCUT2D eigenvalue weighted by atomic mass is 10.0. The predicted molar refractivity (Wildman–Crippen MR) is 218 cm³/mol. The van der Waals surface area contributed by atoms with Crippen molar-refractivity contribution in [1.82, 2.24) is 19.1 Å². The van der Waals surface area contributed by atoms with Gasteiger partial charge in [-0.15, -0.1) is 0 Å². The molecule has 0 amide bonds. The van der Waals surface area contributed by atoms with Crippen LogP contribution in [0.15, 0.2) is 152 Å². The summed E-state index contributed by atoms with van der Waals surface area (Å²) in [6, 6.07) is 46.4. The van der Waals surface area contributed by atoms with E-state index >= 15 is 0 Å². The monoisotopic (exact) mass is 666 g/mol. The van der Waals surface area contributed by atoms with E-state index in [9.17, 15) is 0 Å². The third-order valence-corrected chi connectivity index (χ3v) is 11.0. The standard InChI is InChI=1S/C48H34N4/c1-3-13-31(14-4-1)32-23-25-34(26-24-32)46-48(50-42-21-11-10-20-41(42)49-46)52-43-22-12-9-19-37(43)39-29-40-38-28-27-33-15-7-8-18-36(33)47(38)51(44(40)30-45(39)52)35-16-5-2-6-17-35/h1-5,7-10,12-16,18-20,22-30H,6,11,17,21H2. The molecule has 0 bridgehead atoms. The van der Waals surface area contributed by atoms with Crippen LogP contribution in [0, 0.1) is 0 Å². The molecule has 0 aliphatic heterocycles. The molecule has 0 N–H and O–H groups in total. The van der Waals surface area contributed by atoms with Crippen molar-refractivity contribution < 1.29 is 0 Å². The minimum atomic E-state index is 0.875. The summed E-state index contributed by atoms with van der Waals surface area (Å²) in [4.78, 5) is 10.9. The first-order chi connectivity index (χ1) is 25.8. The first-order valence-electron chi connectivity index (χ1n) is 18.3. The third-order valence-electron chi connectivity index (χ3n) is 11.0. The van der Waals surface area contributed by atoms with Crippen LogP contribution in [-0.2, 0) is 6.42 Å². The van der Waals surface area contributed by atoms with Crippen LogP contribution in [0.2, 0.25) is 0 Å². The number of hydrogen-bond acceptors (Lipinski definition) is 2. The highest BCUT2D eigenvalue weighted by molar-refractivity contribution is 6.23. The van der Waals surface area contributed by atoms with Gasteiger partial charge in [-0.1, -0.05) is 127 Å². The summed E-state index contributed by atoms with van der Waals surface area (Å²) in [5.41, 5.74) is 12.4. The highest BCUT2D eigenvalue weighted by Gasteiger charge is 2.24. The van der Waals surface area contributed by atoms with Crippen molar-refractivity contribution in [3.63, 3.8) is 0 Å². The van der Waals surface area contributed by atoms with Crippen LogP contribution in [0.25, 0.3) is 94.4 Å². The summed E-state index contributed by atoms with van der Waals surface area (Å²) in [7, 11) is 0. The lowest BCUT2D eigenvalue weighted by Gasteiger charge is -2.18. The number of allylic oxidation sites excluding steroid dienone is 5. The van der Waals surface area contributed by atoms with Gasteiger partial charge < -0.3 is 4.57 Å². The van der Waals surface area contributed by atoms with Crippen molar-refractivity contribution in [3.05, 3.63) is 163 Å². The molecule has 4 heteroatoms. The van der Waals surface area contributed by atoms with Crippen LogP contribution in [0.5, 0.6) is 0 Å². The fourth-order valence-corrected chi connectivity index (χ4v) is 8.55. The molecule has 52 heavy (non-hydrogen) atoms. The summed E-state index contributed by atoms with van der Waals surface area (Å²) >= 11 is 0. The molecule has 2 aliphatic rings. The molecule has 2 aliphatic carbocycles. The Hall–Kier alpha value is -6.52. The normalized spacial score (nSPS) is 14.2. The zero-order valence-corrected chi connectivity index (χ0v) is 28.6. The molecule has 3 aromatic heterocycles. The van der Waals surface area contributed by atoms with Gasteiger partial charge in [-0.3, -0.25) is 4.57 Å². The van der Waals surface area contributed by atoms with E-state index in [4.69, 9.17) is 9.97 Å². The first-order valence-corrected chi connectivity index (χ1v) is 18.3. The van der Waals surface area contributed by atoms with Crippen LogP contribution in [-0.4, -0.2) is 19.1 Å². The van der Waals surface area contributed by atoms with Crippen molar-refractivity contribution >= 4 is 66.2 Å². The van der Waals surface area contributed by atoms with Crippen LogP contribution < -0.4 is 0 Å². The maximum absolute atomic E-state index is 5.51. The van der Waals surface area contributed by atoms with E-state index in [1.807, 2.05) is 0 Å². The van der Waals surface area contributed by atoms with Gasteiger partial charge in [0.25, 0.3) is 0 Å². The second-order valence-corrected chi connectivity index (χ2v) is 14.0. The molecule has 0 atom stereocenters. The van der Waals surface area contributed by atoms with Crippen LogP contribution in [0.3, 0.4) is 0 Å². The molecule has 246 valence electrons. The third kappa shape index (κ3) is 4.40. The van der Waals surface area contributed by atoms with Crippen molar-refractivity contribution in [2.75, 3.05) is 0 Å². The Morgan fingerprint density at radius 3 is 2.10 bits per heavy atom. The van der Waals surface area contributed by atoms with Gasteiger partial charge in [0.15, 0.2) is 5.82 Å². The van der Waals surface area contributed by atoms with Gasteiger partial charge in [-0.2, -0.15) is 0 Å². The van der Waals surface area contributed by atoms with E-state index < -0.39 is 0 Å². The highest BCUT2D eigenvalue weighted by Crippen LogP contribution is 2.43. The van der Waals surface area contributed by atoms with E-state index in [2.05, 4.69) is 167 Å². The van der Waals surface area contributed by atoms with Crippen molar-refractivity contribution in [2.45, 2.75) is 25.7 Å². The summed E-state index contributed by atoms with van der Waals surface area (Å²) in [6.45, 7) is 0. The van der Waals surface area contributed by atoms with Crippen LogP contribution >= 0.6 is 0 Å². The van der Waals surface area contributed by atoms with Crippen molar-refractivity contribution in [1.29, 1.82) is 0 Å². The quantitative estimate of drug-likeness (QED) is 0.187. The summed E-state index contributed by atoms with van der Waals surface area (Å²) < 4.78 is 4.91. The van der Waals surface area contributed by atoms with Crippen LogP contribution in [0.4, 0.5) is 0 Å². The lowest BCUT2D eigenvalue weighted by molar-refractivity contribution is 0.883. The van der Waals surface area contributed by atoms with Crippen molar-refractivity contribution in [3.8, 4) is 28.2 Å². The maximum Gasteiger partial charge on any atom is 0.164 e. The summed E-state index contributed by atoms with van der Waals surface area (Å²) in [5.74, 6) is 0.875. The zero-order valence-electron chi connectivity index (χ0n) is 28.6. The van der Waals surface area contributed by atoms with E-state index in [0.29, 0.717) is 0 Å². The first kappa shape index (κ1) is 29.2. The van der Waals surface area contributed by atoms with Crippen LogP contribution in [0.1, 0.15) is 30.7 Å². The molecule has 0 saturated heterocycles. The zero-order chi connectivity index (χ0) is 34.2. The Labute approximate surface area is 301 Å². The SMILES string of the molecule is C1=CCCC(n2c3cc4c(cc3c3ccc5ccccc5c32)c2ccccc2n4-c2nc3c(nc2-c2ccc(-c4ccccc4)cc2)C=CCC3)=C1. The molecule has 4 nitrogen and oxygen atoms in total. The smallest absolute Gasteiger partial charge is 0.164 e. The van der Waals surface area contributed by atoms with E-state index in [1.165, 1.54) is 60.2 Å². The topological polar surface area (TPSA) is 35.6 Å². The average Bonchev–Trinajstić information content (AvgIpc) is 3.72. The van der Waals surface area contributed by atoms with Gasteiger partial charge in [-0.25, -0.2) is 9.97 Å². The molecular formula is C48H34N4. The van der Waals surface area contributed by atoms with Gasteiger partial charge >= 0.3 is 0 Å². The predicted octanol–water partition coefficient (Wildman–Crippen LogP) is 12.3. The molecule has 0 saturated carbocycles. The molecule has 0 unspecified atom stereocenters. The second-order valence-electron chi connectivity index (χ2n) is 14.0. The summed E-state index contributed by atoms with van der Waals surface area (Å²) in [5, 5.41) is 7.52. The van der Waals surface area contributed by atoms with Gasteiger partial charge in [0.05, 0.1) is 33.5 Å². The average molecular weight is 667 g/mol. The second kappa shape index (κ2) is 11.5. The fraction of sp³-hybridized carbons (Fsp3) is 0.0833. The number of hydrogen-bond donors (Lipinski definition) is 0. The molecule has 11 rings (SSSR count). The number of nitrogens with zero attached hydrogens (tertiary/aromatic N) is 4. The molecule has 6 aromatic carbocycles. The highest BCUT2D eigenvalue weighted by atomic mass is 15.1. The fourth-order valence-electron chi connectivity index (χ4n) is 8.55. The lowest BCUT2D eigenvalue weighted by Crippen LogP contribution is -2.09. The molecule has 9 aromatic rings. The van der Waals surface area contributed by atoms with Gasteiger partial charge in [0.1, 0.15) is 5.69 Å². The number of para-hydroxylation sites is 1. The number of fused-ring (bicyclic) bond motifs is 9. The Morgan fingerprint density at radius 1 is 0.500 bits per heavy atom. The van der Waals surface area contributed by atoms with E-state index in [-0.39, 0.29) is 0 Å². The number of aromatic nitrogens is 4. The molecule has 0 radical (unpaired) electrons. The van der Waals surface area contributed by atoms with E-state index in [1.54, 1.807) is 0 Å². The minimum absolute atomic E-state index is 0.875. The van der Waals surface area contributed by atoms with Gasteiger partial charge in [0, 0.05) is 38.2 Å². The Morgan fingerprint density at radius 2 is 1.23 bits per heavy atom. The van der Waals surface area contributed by atoms with E-state index in [0.717, 1.165) is 65.2 Å². The number of aryl methyl sites for hydroxylation is 1. The number of rotatable bonds is 4. The van der Waals surface area contributed by atoms with Crippen molar-refractivity contribution in [2.24, 2.45) is 0 Å². The maximum atomic E-state index is 5.51. The molecule has 0 spiro atoms. The molecule has 3 heterocycles. The Kier molecular flexibility index (Phi) is 6.47. The minimum Gasteiger partial charge on any atom is -0.312 e. The summed E-state index contributed by atoms with van der Waals surface area (Å²) in [6.07, 6.45) is 15.0. The largest absolute Gasteiger partial charge is 0.312 e. The molecule has 0 fully saturated rings. The van der Waals surface area contributed by atoms with Gasteiger partial charge in [0.2, 0.25) is 0 Å².